The standard InChI is InChI=1S/C23H25Cl2N3O5S.C2H4O2/c24-20-6-5-17(11-21(20)25)33-16-7-9-28(10-8-16)14-15(29)12-27-34(31,32)22-13-26-23(30)19-4-2-1-3-18(19)22;1-2(3)4/h1-6,11,13,15-16,27,29H,7-10,12,14H2,(H,26,30);1H3,(H,3,4)/t15-;/m1./s1. The van der Waals surface area contributed by atoms with Crippen molar-refractivity contribution in [2.24, 2.45) is 0 Å². The van der Waals surface area contributed by atoms with Crippen LogP contribution in [0.1, 0.15) is 19.8 Å². The van der Waals surface area contributed by atoms with E-state index in [1.54, 1.807) is 42.5 Å². The molecular formula is C25H29Cl2N3O7S. The number of nitrogens with one attached hydrogen (secondary N) is 2. The van der Waals surface area contributed by atoms with Gasteiger partial charge < -0.3 is 24.8 Å². The molecule has 1 atom stereocenters. The maximum absolute atomic E-state index is 12.8. The van der Waals surface area contributed by atoms with E-state index in [1.165, 1.54) is 6.20 Å². The van der Waals surface area contributed by atoms with E-state index in [9.17, 15) is 18.3 Å². The van der Waals surface area contributed by atoms with Crippen molar-refractivity contribution in [3.8, 4) is 5.75 Å². The van der Waals surface area contributed by atoms with E-state index in [0.29, 0.717) is 40.8 Å². The number of sulfonamides is 1. The number of carboxylic acid groups (broad SMARTS) is 1. The van der Waals surface area contributed by atoms with Gasteiger partial charge in [0.2, 0.25) is 10.0 Å². The average molecular weight is 586 g/mol. The first-order valence-electron chi connectivity index (χ1n) is 11.8. The Kier molecular flexibility index (Phi) is 10.5. The number of aromatic amines is 1. The average Bonchev–Trinajstić information content (AvgIpc) is 2.86. The summed E-state index contributed by atoms with van der Waals surface area (Å²) in [5.41, 5.74) is -0.360. The van der Waals surface area contributed by atoms with Crippen molar-refractivity contribution in [1.29, 1.82) is 0 Å². The lowest BCUT2D eigenvalue weighted by Gasteiger charge is -2.33. The molecule has 1 saturated heterocycles. The fourth-order valence-electron chi connectivity index (χ4n) is 4.00. The monoisotopic (exact) mass is 585 g/mol. The van der Waals surface area contributed by atoms with Gasteiger partial charge in [-0.25, -0.2) is 13.1 Å². The van der Waals surface area contributed by atoms with Gasteiger partial charge in [0.25, 0.3) is 11.5 Å². The number of β-amino-alcohol motifs (C(OH)–C–C–N with tert-alkyl or cyclic N) is 1. The third-order valence-corrected chi connectivity index (χ3v) is 7.97. The van der Waals surface area contributed by atoms with Crippen LogP contribution in [-0.2, 0) is 14.8 Å². The van der Waals surface area contributed by atoms with Crippen LogP contribution in [0.4, 0.5) is 0 Å². The lowest BCUT2D eigenvalue weighted by Crippen LogP contribution is -2.45. The van der Waals surface area contributed by atoms with Crippen LogP contribution >= 0.6 is 23.2 Å². The van der Waals surface area contributed by atoms with Crippen molar-refractivity contribution < 1.29 is 28.2 Å². The molecule has 38 heavy (non-hydrogen) atoms. The second-order valence-corrected chi connectivity index (χ2v) is 11.3. The lowest BCUT2D eigenvalue weighted by atomic mass is 10.1. The number of halogens is 2. The van der Waals surface area contributed by atoms with E-state index >= 15 is 0 Å². The Hall–Kier alpha value is -2.67. The first-order chi connectivity index (χ1) is 18.0. The number of aliphatic carboxylic acids is 1. The van der Waals surface area contributed by atoms with Gasteiger partial charge in [-0.05, 0) is 31.0 Å². The van der Waals surface area contributed by atoms with Crippen molar-refractivity contribution in [3.05, 3.63) is 69.1 Å². The van der Waals surface area contributed by atoms with Crippen molar-refractivity contribution in [2.45, 2.75) is 36.9 Å². The number of fused-ring (bicyclic) bond motifs is 1. The quantitative estimate of drug-likeness (QED) is 0.315. The van der Waals surface area contributed by atoms with Gasteiger partial charge in [0, 0.05) is 56.1 Å². The van der Waals surface area contributed by atoms with Gasteiger partial charge in [0.1, 0.15) is 16.7 Å². The number of rotatable bonds is 8. The molecule has 1 aliphatic rings. The summed E-state index contributed by atoms with van der Waals surface area (Å²) in [6.07, 6.45) is 1.84. The zero-order valence-corrected chi connectivity index (χ0v) is 22.9. The number of H-pyrrole nitrogens is 1. The molecule has 3 aromatic rings. The van der Waals surface area contributed by atoms with E-state index in [-0.39, 0.29) is 28.5 Å². The van der Waals surface area contributed by atoms with Crippen molar-refractivity contribution >= 4 is 50.0 Å². The predicted octanol–water partition coefficient (Wildman–Crippen LogP) is 3.11. The summed E-state index contributed by atoms with van der Waals surface area (Å²) in [5.74, 6) is -0.169. The summed E-state index contributed by atoms with van der Waals surface area (Å²) in [6, 6.07) is 11.7. The number of aliphatic hydroxyl groups excluding tert-OH is 1. The molecule has 0 unspecified atom stereocenters. The number of hydrogen-bond acceptors (Lipinski definition) is 7. The SMILES string of the molecule is CC(=O)O.O=c1[nH]cc(S(=O)(=O)NC[C@@H](O)CN2CCC(Oc3ccc(Cl)c(Cl)c3)CC2)c2ccccc12. The molecule has 0 bridgehead atoms. The number of hydrogen-bond donors (Lipinski definition) is 4. The molecule has 0 aliphatic carbocycles. The number of aromatic nitrogens is 1. The second-order valence-electron chi connectivity index (χ2n) is 8.75. The predicted molar refractivity (Wildman–Crippen MR) is 146 cm³/mol. The Morgan fingerprint density at radius 2 is 1.79 bits per heavy atom. The molecule has 4 rings (SSSR count). The van der Waals surface area contributed by atoms with Crippen molar-refractivity contribution in [3.63, 3.8) is 0 Å². The molecule has 0 radical (unpaired) electrons. The molecule has 1 aromatic heterocycles. The molecule has 2 aromatic carbocycles. The molecule has 2 heterocycles. The van der Waals surface area contributed by atoms with E-state index < -0.39 is 22.1 Å². The summed E-state index contributed by atoms with van der Waals surface area (Å²) in [7, 11) is -3.93. The molecule has 0 saturated carbocycles. The number of pyridine rings is 1. The van der Waals surface area contributed by atoms with E-state index in [0.717, 1.165) is 19.8 Å². The molecule has 1 aliphatic heterocycles. The van der Waals surface area contributed by atoms with E-state index in [4.69, 9.17) is 37.8 Å². The van der Waals surface area contributed by atoms with E-state index in [2.05, 4.69) is 14.6 Å². The number of carboxylic acids is 1. The zero-order valence-electron chi connectivity index (χ0n) is 20.6. The molecule has 4 N–H and O–H groups in total. The molecular weight excluding hydrogens is 557 g/mol. The maximum Gasteiger partial charge on any atom is 0.300 e. The minimum Gasteiger partial charge on any atom is -0.490 e. The summed E-state index contributed by atoms with van der Waals surface area (Å²) in [6.45, 7) is 2.69. The molecule has 13 heteroatoms. The summed E-state index contributed by atoms with van der Waals surface area (Å²) >= 11 is 12.0. The number of ether oxygens (including phenoxy) is 1. The van der Waals surface area contributed by atoms with E-state index in [1.807, 2.05) is 0 Å². The zero-order chi connectivity index (χ0) is 27.9. The Morgan fingerprint density at radius 1 is 1.16 bits per heavy atom. The second kappa shape index (κ2) is 13.4. The molecule has 10 nitrogen and oxygen atoms in total. The van der Waals surface area contributed by atoms with Crippen molar-refractivity contribution in [1.82, 2.24) is 14.6 Å². The lowest BCUT2D eigenvalue weighted by molar-refractivity contribution is -0.134. The summed E-state index contributed by atoms with van der Waals surface area (Å²) in [4.78, 5) is 25.5. The third-order valence-electron chi connectivity index (χ3n) is 5.77. The summed E-state index contributed by atoms with van der Waals surface area (Å²) in [5, 5.41) is 19.4. The third kappa shape index (κ3) is 8.42. The topological polar surface area (TPSA) is 149 Å². The Labute approximate surface area is 230 Å². The summed E-state index contributed by atoms with van der Waals surface area (Å²) < 4.78 is 34.1. The van der Waals surface area contributed by atoms with Crippen LogP contribution < -0.4 is 15.0 Å². The highest BCUT2D eigenvalue weighted by molar-refractivity contribution is 7.89. The van der Waals surface area contributed by atoms with Crippen molar-refractivity contribution in [2.75, 3.05) is 26.2 Å². The van der Waals surface area contributed by atoms with Gasteiger partial charge >= 0.3 is 0 Å². The first kappa shape index (κ1) is 29.9. The van der Waals surface area contributed by atoms with Crippen LogP contribution in [0.5, 0.6) is 5.75 Å². The largest absolute Gasteiger partial charge is 0.490 e. The van der Waals surface area contributed by atoms with Gasteiger partial charge in [-0.15, -0.1) is 0 Å². The van der Waals surface area contributed by atoms with Gasteiger partial charge in [0.15, 0.2) is 0 Å². The van der Waals surface area contributed by atoms with Crippen LogP contribution in [0.2, 0.25) is 10.0 Å². The van der Waals surface area contributed by atoms with Crippen LogP contribution in [0, 0.1) is 0 Å². The number of nitrogens with zero attached hydrogens (tertiary/aromatic N) is 1. The maximum atomic E-state index is 12.8. The molecule has 0 amide bonds. The van der Waals surface area contributed by atoms with Gasteiger partial charge in [-0.2, -0.15) is 0 Å². The minimum absolute atomic E-state index is 0.0256. The Balaban J connectivity index is 0.000000934. The number of piperidine rings is 1. The van der Waals surface area contributed by atoms with Crippen LogP contribution in [-0.4, -0.2) is 72.9 Å². The fourth-order valence-corrected chi connectivity index (χ4v) is 5.54. The van der Waals surface area contributed by atoms with Crippen LogP contribution in [0.25, 0.3) is 10.8 Å². The van der Waals surface area contributed by atoms with Gasteiger partial charge in [-0.3, -0.25) is 9.59 Å². The Morgan fingerprint density at radius 3 is 2.42 bits per heavy atom. The minimum atomic E-state index is -3.93. The number of aliphatic hydroxyl groups is 1. The highest BCUT2D eigenvalue weighted by Crippen LogP contribution is 2.28. The molecule has 0 spiro atoms. The van der Waals surface area contributed by atoms with Gasteiger partial charge in [-0.1, -0.05) is 41.4 Å². The van der Waals surface area contributed by atoms with Crippen LogP contribution in [0.3, 0.4) is 0 Å². The fraction of sp³-hybridized carbons (Fsp3) is 0.360. The Bertz CT molecular complexity index is 1420. The molecule has 1 fully saturated rings. The smallest absolute Gasteiger partial charge is 0.300 e. The number of likely N-dealkylation sites (tertiary alicyclic amines) is 1. The first-order valence-corrected chi connectivity index (χ1v) is 14.0. The number of benzene rings is 2. The highest BCUT2D eigenvalue weighted by atomic mass is 35.5. The van der Waals surface area contributed by atoms with Gasteiger partial charge in [0.05, 0.1) is 16.1 Å². The highest BCUT2D eigenvalue weighted by Gasteiger charge is 2.24. The normalized spacial score (nSPS) is 15.5. The number of carbonyl (C=O) groups is 1. The van der Waals surface area contributed by atoms with Crippen LogP contribution in [0.15, 0.2) is 58.4 Å². The molecule has 206 valence electrons.